The minimum Gasteiger partial charge on any atom is -0.384 e. The molecule has 1 aliphatic rings. The molecule has 1 aliphatic carbocycles. The van der Waals surface area contributed by atoms with Crippen molar-refractivity contribution in [3.63, 3.8) is 0 Å². The minimum atomic E-state index is 0.683. The molecular formula is C24H31N5. The van der Waals surface area contributed by atoms with Gasteiger partial charge in [-0.2, -0.15) is 5.10 Å². The number of benzene rings is 1. The summed E-state index contributed by atoms with van der Waals surface area (Å²) < 4.78 is 1.96. The van der Waals surface area contributed by atoms with Gasteiger partial charge in [0, 0.05) is 30.8 Å². The second kappa shape index (κ2) is 8.78. The van der Waals surface area contributed by atoms with Gasteiger partial charge < -0.3 is 10.2 Å². The van der Waals surface area contributed by atoms with E-state index in [9.17, 15) is 0 Å². The van der Waals surface area contributed by atoms with Crippen molar-refractivity contribution in [2.24, 2.45) is 5.92 Å². The molecular weight excluding hydrogens is 358 g/mol. The minimum absolute atomic E-state index is 0.683. The zero-order valence-electron chi connectivity index (χ0n) is 17.6. The summed E-state index contributed by atoms with van der Waals surface area (Å²) in [6, 6.07) is 14.8. The van der Waals surface area contributed by atoms with Crippen LogP contribution in [0.5, 0.6) is 0 Å². The van der Waals surface area contributed by atoms with Gasteiger partial charge in [-0.15, -0.1) is 0 Å². The van der Waals surface area contributed by atoms with Crippen molar-refractivity contribution in [3.8, 4) is 11.3 Å². The van der Waals surface area contributed by atoms with E-state index in [0.717, 1.165) is 61.0 Å². The second-order valence-corrected chi connectivity index (χ2v) is 7.85. The van der Waals surface area contributed by atoms with Crippen LogP contribution in [0.1, 0.15) is 32.5 Å². The van der Waals surface area contributed by atoms with Crippen LogP contribution in [0.2, 0.25) is 0 Å². The van der Waals surface area contributed by atoms with Crippen molar-refractivity contribution >= 4 is 11.3 Å². The van der Waals surface area contributed by atoms with E-state index in [1.165, 1.54) is 18.4 Å². The first-order valence-corrected chi connectivity index (χ1v) is 10.8. The number of aromatic nitrogens is 3. The van der Waals surface area contributed by atoms with Crippen molar-refractivity contribution in [1.29, 1.82) is 0 Å². The standard InChI is InChI=1S/C24H31N5/c1-4-28(5-2)16-15-25-21-13-11-20(12-14-21)22-7-6-8-24-26-23(27-29(22)24)17-18(3)19-9-10-19/h6-8,11-14,19,25H,3-5,9-10,15-17H2,1-2H3. The molecule has 1 aromatic carbocycles. The quantitative estimate of drug-likeness (QED) is 0.512. The van der Waals surface area contributed by atoms with E-state index in [2.05, 4.69) is 67.0 Å². The summed E-state index contributed by atoms with van der Waals surface area (Å²) >= 11 is 0. The SMILES string of the molecule is C=C(Cc1nc2cccc(-c3ccc(NCCN(CC)CC)cc3)n2n1)C1CC1. The number of rotatable bonds is 10. The van der Waals surface area contributed by atoms with Crippen LogP contribution in [-0.4, -0.2) is 45.7 Å². The van der Waals surface area contributed by atoms with E-state index < -0.39 is 0 Å². The Hall–Kier alpha value is -2.66. The molecule has 0 unspecified atom stereocenters. The average molecular weight is 390 g/mol. The first-order chi connectivity index (χ1) is 14.2. The van der Waals surface area contributed by atoms with Gasteiger partial charge in [0.2, 0.25) is 0 Å². The molecule has 4 rings (SSSR count). The predicted molar refractivity (Wildman–Crippen MR) is 120 cm³/mol. The van der Waals surface area contributed by atoms with Crippen LogP contribution in [0.15, 0.2) is 54.6 Å². The van der Waals surface area contributed by atoms with Gasteiger partial charge >= 0.3 is 0 Å². The number of pyridine rings is 1. The number of fused-ring (bicyclic) bond motifs is 1. The van der Waals surface area contributed by atoms with Gasteiger partial charge in [0.15, 0.2) is 11.5 Å². The van der Waals surface area contributed by atoms with E-state index in [1.807, 2.05) is 10.6 Å². The first kappa shape index (κ1) is 19.6. The van der Waals surface area contributed by atoms with E-state index in [4.69, 9.17) is 10.1 Å². The van der Waals surface area contributed by atoms with Crippen LogP contribution < -0.4 is 5.32 Å². The molecule has 5 heteroatoms. The van der Waals surface area contributed by atoms with Crippen molar-refractivity contribution in [1.82, 2.24) is 19.5 Å². The van der Waals surface area contributed by atoms with Gasteiger partial charge in [-0.25, -0.2) is 9.50 Å². The van der Waals surface area contributed by atoms with Crippen LogP contribution >= 0.6 is 0 Å². The summed E-state index contributed by atoms with van der Waals surface area (Å²) in [6.45, 7) is 12.8. The molecule has 0 radical (unpaired) electrons. The fraction of sp³-hybridized carbons (Fsp3) is 0.417. The monoisotopic (exact) mass is 389 g/mol. The largest absolute Gasteiger partial charge is 0.384 e. The molecule has 0 amide bonds. The molecule has 152 valence electrons. The maximum atomic E-state index is 4.77. The van der Waals surface area contributed by atoms with Crippen molar-refractivity contribution < 1.29 is 0 Å². The Labute approximate surface area is 173 Å². The molecule has 0 bridgehead atoms. The van der Waals surface area contributed by atoms with Crippen LogP contribution in [0.25, 0.3) is 16.9 Å². The van der Waals surface area contributed by atoms with Crippen LogP contribution in [0.4, 0.5) is 5.69 Å². The molecule has 1 saturated carbocycles. The topological polar surface area (TPSA) is 45.5 Å². The van der Waals surface area contributed by atoms with E-state index in [-0.39, 0.29) is 0 Å². The summed E-state index contributed by atoms with van der Waals surface area (Å²) in [4.78, 5) is 7.13. The zero-order valence-corrected chi connectivity index (χ0v) is 17.6. The van der Waals surface area contributed by atoms with Crippen LogP contribution in [-0.2, 0) is 6.42 Å². The second-order valence-electron chi connectivity index (χ2n) is 7.85. The lowest BCUT2D eigenvalue weighted by Crippen LogP contribution is -2.28. The molecule has 2 aromatic heterocycles. The maximum Gasteiger partial charge on any atom is 0.156 e. The van der Waals surface area contributed by atoms with Crippen molar-refractivity contribution in [2.45, 2.75) is 33.1 Å². The Bertz CT molecular complexity index is 965. The average Bonchev–Trinajstić information content (AvgIpc) is 3.52. The lowest BCUT2D eigenvalue weighted by atomic mass is 10.1. The fourth-order valence-corrected chi connectivity index (χ4v) is 3.74. The third-order valence-corrected chi connectivity index (χ3v) is 5.78. The van der Waals surface area contributed by atoms with Gasteiger partial charge in [-0.3, -0.25) is 0 Å². The number of allylic oxidation sites excluding steroid dienone is 1. The number of likely N-dealkylation sites (N-methyl/N-ethyl adjacent to an activating group) is 1. The highest BCUT2D eigenvalue weighted by molar-refractivity contribution is 5.65. The smallest absolute Gasteiger partial charge is 0.156 e. The van der Waals surface area contributed by atoms with Crippen LogP contribution in [0, 0.1) is 5.92 Å². The van der Waals surface area contributed by atoms with Gasteiger partial charge in [0.1, 0.15) is 0 Å². The van der Waals surface area contributed by atoms with E-state index in [1.54, 1.807) is 0 Å². The number of anilines is 1. The number of nitrogens with zero attached hydrogens (tertiary/aromatic N) is 4. The fourth-order valence-electron chi connectivity index (χ4n) is 3.74. The Morgan fingerprint density at radius 2 is 1.90 bits per heavy atom. The van der Waals surface area contributed by atoms with Gasteiger partial charge in [-0.1, -0.05) is 44.2 Å². The molecule has 29 heavy (non-hydrogen) atoms. The molecule has 0 saturated heterocycles. The normalized spacial score (nSPS) is 13.9. The van der Waals surface area contributed by atoms with Crippen molar-refractivity contribution in [3.05, 3.63) is 60.4 Å². The Morgan fingerprint density at radius 3 is 2.59 bits per heavy atom. The summed E-state index contributed by atoms with van der Waals surface area (Å²) in [6.07, 6.45) is 3.32. The molecule has 5 nitrogen and oxygen atoms in total. The first-order valence-electron chi connectivity index (χ1n) is 10.8. The van der Waals surface area contributed by atoms with E-state index >= 15 is 0 Å². The summed E-state index contributed by atoms with van der Waals surface area (Å²) in [7, 11) is 0. The maximum absolute atomic E-state index is 4.77. The highest BCUT2D eigenvalue weighted by Crippen LogP contribution is 2.36. The number of hydrogen-bond donors (Lipinski definition) is 1. The zero-order chi connectivity index (χ0) is 20.2. The lowest BCUT2D eigenvalue weighted by molar-refractivity contribution is 0.316. The molecule has 0 spiro atoms. The number of hydrogen-bond acceptors (Lipinski definition) is 4. The molecule has 0 aliphatic heterocycles. The third kappa shape index (κ3) is 4.67. The van der Waals surface area contributed by atoms with Gasteiger partial charge in [0.25, 0.3) is 0 Å². The predicted octanol–water partition coefficient (Wildman–Crippen LogP) is 4.66. The Morgan fingerprint density at radius 1 is 1.14 bits per heavy atom. The third-order valence-electron chi connectivity index (χ3n) is 5.78. The highest BCUT2D eigenvalue weighted by Gasteiger charge is 2.25. The molecule has 1 fully saturated rings. The van der Waals surface area contributed by atoms with Gasteiger partial charge in [0.05, 0.1) is 5.69 Å². The molecule has 1 N–H and O–H groups in total. The summed E-state index contributed by atoms with van der Waals surface area (Å²) in [5, 5.41) is 8.29. The lowest BCUT2D eigenvalue weighted by Gasteiger charge is -2.18. The summed E-state index contributed by atoms with van der Waals surface area (Å²) in [5.41, 5.74) is 5.51. The van der Waals surface area contributed by atoms with Crippen molar-refractivity contribution in [2.75, 3.05) is 31.5 Å². The number of nitrogens with one attached hydrogen (secondary N) is 1. The summed E-state index contributed by atoms with van der Waals surface area (Å²) in [5.74, 6) is 1.55. The Kier molecular flexibility index (Phi) is 5.95. The Balaban J connectivity index is 1.47. The highest BCUT2D eigenvalue weighted by atomic mass is 15.3. The molecule has 0 atom stereocenters. The van der Waals surface area contributed by atoms with Crippen LogP contribution in [0.3, 0.4) is 0 Å². The molecule has 3 aromatic rings. The van der Waals surface area contributed by atoms with E-state index in [0.29, 0.717) is 5.92 Å². The van der Waals surface area contributed by atoms with Gasteiger partial charge in [-0.05, 0) is 56.1 Å². The molecule has 2 heterocycles.